The molecule has 56 heavy (non-hydrogen) atoms. The van der Waals surface area contributed by atoms with E-state index in [4.69, 9.17) is 19.9 Å². The van der Waals surface area contributed by atoms with Gasteiger partial charge in [0.1, 0.15) is 0 Å². The summed E-state index contributed by atoms with van der Waals surface area (Å²) in [6, 6.07) is 68.0. The van der Waals surface area contributed by atoms with Crippen molar-refractivity contribution in [2.45, 2.75) is 0 Å². The summed E-state index contributed by atoms with van der Waals surface area (Å²) in [5.74, 6) is 1.37. The van der Waals surface area contributed by atoms with Crippen molar-refractivity contribution in [3.05, 3.63) is 194 Å². The molecular weight excluding hydrogens is 681 g/mol. The van der Waals surface area contributed by atoms with E-state index in [1.54, 1.807) is 0 Å². The van der Waals surface area contributed by atoms with Crippen LogP contribution in [0.2, 0.25) is 0 Å². The molecule has 2 aromatic heterocycles. The Hall–Kier alpha value is -7.56. The summed E-state index contributed by atoms with van der Waals surface area (Å²) in [5, 5.41) is 10.2. The molecule has 0 N–H and O–H groups in total. The van der Waals surface area contributed by atoms with Crippen LogP contribution in [0.4, 0.5) is 0 Å². The van der Waals surface area contributed by atoms with E-state index in [1.807, 2.05) is 30.3 Å². The average Bonchev–Trinajstić information content (AvgIpc) is 3.27. The van der Waals surface area contributed by atoms with Crippen molar-refractivity contribution in [1.29, 1.82) is 0 Å². The molecule has 4 nitrogen and oxygen atoms in total. The highest BCUT2D eigenvalue weighted by atomic mass is 14.9. The summed E-state index contributed by atoms with van der Waals surface area (Å²) in [7, 11) is 0. The third-order valence-corrected chi connectivity index (χ3v) is 10.8. The molecule has 11 rings (SSSR count). The Morgan fingerprint density at radius 3 is 1.32 bits per heavy atom. The number of hydrogen-bond donors (Lipinski definition) is 0. The molecule has 0 atom stereocenters. The van der Waals surface area contributed by atoms with E-state index in [0.29, 0.717) is 11.6 Å². The first-order valence-corrected chi connectivity index (χ1v) is 18.9. The molecule has 0 amide bonds. The van der Waals surface area contributed by atoms with Gasteiger partial charge in [-0.05, 0) is 67.4 Å². The normalized spacial score (nSPS) is 11.6. The Labute approximate surface area is 323 Å². The lowest BCUT2D eigenvalue weighted by molar-refractivity contribution is 1.19. The fraction of sp³-hybridized carbons (Fsp3) is 0. The van der Waals surface area contributed by atoms with E-state index in [-0.39, 0.29) is 0 Å². The van der Waals surface area contributed by atoms with Crippen molar-refractivity contribution in [3.63, 3.8) is 0 Å². The number of benzene rings is 9. The van der Waals surface area contributed by atoms with Crippen LogP contribution in [0.5, 0.6) is 0 Å². The molecule has 0 aliphatic rings. The Morgan fingerprint density at radius 1 is 0.268 bits per heavy atom. The molecule has 0 spiro atoms. The number of hydrogen-bond acceptors (Lipinski definition) is 4. The summed E-state index contributed by atoms with van der Waals surface area (Å²) < 4.78 is 0. The number of aromatic nitrogens is 4. The second-order valence-electron chi connectivity index (χ2n) is 14.2. The smallest absolute Gasteiger partial charge is 0.161 e. The fourth-order valence-corrected chi connectivity index (χ4v) is 8.19. The Balaban J connectivity index is 1.14. The molecule has 0 fully saturated rings. The molecule has 0 aliphatic heterocycles. The molecule has 0 unspecified atom stereocenters. The topological polar surface area (TPSA) is 51.6 Å². The fourth-order valence-electron chi connectivity index (χ4n) is 8.19. The standard InChI is InChI=1S/C52H32N4/c1-2-14-34(15-3-1)50-44-24-12-13-25-45(44)53-51(56-50)35-28-26-33(27-29-35)46-32-47(48-40-20-8-4-16-36(40)30-37-17-5-9-21-41(37)48)55-52(54-46)49-42-22-10-6-18-38(42)31-39-19-7-11-23-43(39)49/h1-32H. The van der Waals surface area contributed by atoms with Crippen molar-refractivity contribution in [1.82, 2.24) is 19.9 Å². The van der Waals surface area contributed by atoms with Gasteiger partial charge in [-0.25, -0.2) is 19.9 Å². The molecule has 4 heteroatoms. The van der Waals surface area contributed by atoms with Gasteiger partial charge in [0.2, 0.25) is 0 Å². The van der Waals surface area contributed by atoms with E-state index >= 15 is 0 Å². The zero-order valence-corrected chi connectivity index (χ0v) is 30.3. The van der Waals surface area contributed by atoms with Crippen LogP contribution >= 0.6 is 0 Å². The Morgan fingerprint density at radius 2 is 0.732 bits per heavy atom. The van der Waals surface area contributed by atoms with Gasteiger partial charge < -0.3 is 0 Å². The SMILES string of the molecule is c1ccc(-c2nc(-c3ccc(-c4cc(-c5c6ccccc6cc6ccccc56)nc(-c5c6ccccc6cc6ccccc56)n4)cc3)nc3ccccc23)cc1. The van der Waals surface area contributed by atoms with Gasteiger partial charge in [-0.15, -0.1) is 0 Å². The van der Waals surface area contributed by atoms with Crippen LogP contribution in [0.15, 0.2) is 194 Å². The van der Waals surface area contributed by atoms with Crippen LogP contribution in [0, 0.1) is 0 Å². The van der Waals surface area contributed by atoms with E-state index in [0.717, 1.165) is 88.1 Å². The second kappa shape index (κ2) is 13.1. The predicted molar refractivity (Wildman–Crippen MR) is 232 cm³/mol. The van der Waals surface area contributed by atoms with Crippen molar-refractivity contribution in [2.75, 3.05) is 0 Å². The van der Waals surface area contributed by atoms with Crippen LogP contribution in [-0.2, 0) is 0 Å². The largest absolute Gasteiger partial charge is 0.228 e. The van der Waals surface area contributed by atoms with Crippen LogP contribution in [0.25, 0.3) is 111 Å². The first kappa shape index (κ1) is 31.9. The van der Waals surface area contributed by atoms with Gasteiger partial charge in [0.15, 0.2) is 11.6 Å². The molecule has 0 radical (unpaired) electrons. The van der Waals surface area contributed by atoms with Gasteiger partial charge in [-0.2, -0.15) is 0 Å². The van der Waals surface area contributed by atoms with Crippen molar-refractivity contribution in [3.8, 4) is 56.5 Å². The Bertz CT molecular complexity index is 3050. The maximum absolute atomic E-state index is 5.50. The summed E-state index contributed by atoms with van der Waals surface area (Å²) in [6.45, 7) is 0. The maximum atomic E-state index is 5.50. The quantitative estimate of drug-likeness (QED) is 0.167. The predicted octanol–water partition coefficient (Wildman–Crippen LogP) is 13.4. The number of nitrogens with zero attached hydrogens (tertiary/aromatic N) is 4. The van der Waals surface area contributed by atoms with Crippen molar-refractivity contribution < 1.29 is 0 Å². The minimum absolute atomic E-state index is 0.683. The molecule has 260 valence electrons. The molecule has 0 saturated heterocycles. The molecule has 0 bridgehead atoms. The molecule has 2 heterocycles. The molecule has 0 aliphatic carbocycles. The zero-order chi connectivity index (χ0) is 37.0. The Kier molecular flexibility index (Phi) is 7.46. The summed E-state index contributed by atoms with van der Waals surface area (Å²) >= 11 is 0. The first-order chi connectivity index (χ1) is 27.7. The number of rotatable bonds is 5. The van der Waals surface area contributed by atoms with Crippen LogP contribution in [-0.4, -0.2) is 19.9 Å². The molecular formula is C52H32N4. The second-order valence-corrected chi connectivity index (χ2v) is 14.2. The van der Waals surface area contributed by atoms with Crippen LogP contribution in [0.3, 0.4) is 0 Å². The van der Waals surface area contributed by atoms with Gasteiger partial charge in [0.05, 0.1) is 22.6 Å². The van der Waals surface area contributed by atoms with Gasteiger partial charge in [-0.1, -0.05) is 170 Å². The van der Waals surface area contributed by atoms with Gasteiger partial charge in [0, 0.05) is 33.2 Å². The molecule has 0 saturated carbocycles. The molecule has 9 aromatic carbocycles. The van der Waals surface area contributed by atoms with Crippen molar-refractivity contribution >= 4 is 54.0 Å². The number of fused-ring (bicyclic) bond motifs is 5. The van der Waals surface area contributed by atoms with Crippen molar-refractivity contribution in [2.24, 2.45) is 0 Å². The monoisotopic (exact) mass is 712 g/mol. The van der Waals surface area contributed by atoms with Crippen LogP contribution < -0.4 is 0 Å². The van der Waals surface area contributed by atoms with E-state index in [2.05, 4.69) is 164 Å². The summed E-state index contributed by atoms with van der Waals surface area (Å²) in [5.41, 5.74) is 8.67. The first-order valence-electron chi connectivity index (χ1n) is 18.9. The summed E-state index contributed by atoms with van der Waals surface area (Å²) in [6.07, 6.45) is 0. The van der Waals surface area contributed by atoms with Gasteiger partial charge in [-0.3, -0.25) is 0 Å². The molecule has 11 aromatic rings. The highest BCUT2D eigenvalue weighted by Crippen LogP contribution is 2.41. The number of para-hydroxylation sites is 1. The van der Waals surface area contributed by atoms with Gasteiger partial charge in [0.25, 0.3) is 0 Å². The lowest BCUT2D eigenvalue weighted by Crippen LogP contribution is -1.99. The van der Waals surface area contributed by atoms with E-state index in [9.17, 15) is 0 Å². The van der Waals surface area contributed by atoms with Gasteiger partial charge >= 0.3 is 0 Å². The highest BCUT2D eigenvalue weighted by Gasteiger charge is 2.19. The van der Waals surface area contributed by atoms with E-state index in [1.165, 1.54) is 10.8 Å². The van der Waals surface area contributed by atoms with E-state index < -0.39 is 0 Å². The van der Waals surface area contributed by atoms with Crippen LogP contribution in [0.1, 0.15) is 0 Å². The lowest BCUT2D eigenvalue weighted by Gasteiger charge is -2.16. The minimum atomic E-state index is 0.683. The third kappa shape index (κ3) is 5.39. The maximum Gasteiger partial charge on any atom is 0.161 e. The summed E-state index contributed by atoms with van der Waals surface area (Å²) in [4.78, 5) is 21.1. The average molecular weight is 713 g/mol. The lowest BCUT2D eigenvalue weighted by atomic mass is 9.93. The third-order valence-electron chi connectivity index (χ3n) is 10.8. The minimum Gasteiger partial charge on any atom is -0.228 e. The zero-order valence-electron chi connectivity index (χ0n) is 30.3. The highest BCUT2D eigenvalue weighted by molar-refractivity contribution is 6.14.